The normalized spacial score (nSPS) is 19.4. The molecule has 4 heterocycles. The summed E-state index contributed by atoms with van der Waals surface area (Å²) < 4.78 is 41.8. The molecular weight excluding hydrogens is 399 g/mol. The Kier molecular flexibility index (Phi) is 4.48. The van der Waals surface area contributed by atoms with Gasteiger partial charge in [0, 0.05) is 12.6 Å². The van der Waals surface area contributed by atoms with E-state index in [9.17, 15) is 18.0 Å². The first-order valence-corrected chi connectivity index (χ1v) is 10.1. The highest BCUT2D eigenvalue weighted by Gasteiger charge is 2.38. The number of rotatable bonds is 3. The number of hydrogen-bond acceptors (Lipinski definition) is 6. The zero-order valence-electron chi connectivity index (χ0n) is 16.1. The molecule has 1 fully saturated rings. The van der Waals surface area contributed by atoms with Gasteiger partial charge in [0.05, 0.1) is 18.3 Å². The predicted molar refractivity (Wildman–Crippen MR) is 101 cm³/mol. The molecule has 2 aliphatic rings. The highest BCUT2D eigenvalue weighted by Crippen LogP contribution is 2.29. The molecule has 0 N–H and O–H groups in total. The summed E-state index contributed by atoms with van der Waals surface area (Å²) in [7, 11) is 0. The van der Waals surface area contributed by atoms with Crippen LogP contribution in [0.4, 0.5) is 19.0 Å². The van der Waals surface area contributed by atoms with E-state index in [-0.39, 0.29) is 17.2 Å². The number of alkyl halides is 3. The summed E-state index contributed by atoms with van der Waals surface area (Å²) in [6.45, 7) is 1.02. The molecule has 0 amide bonds. The lowest BCUT2D eigenvalue weighted by molar-refractivity contribution is -0.146. The van der Waals surface area contributed by atoms with Crippen molar-refractivity contribution in [1.29, 1.82) is 0 Å². The van der Waals surface area contributed by atoms with Crippen molar-refractivity contribution in [3.8, 4) is 0 Å². The Morgan fingerprint density at radius 3 is 2.73 bits per heavy atom. The lowest BCUT2D eigenvalue weighted by atomic mass is 9.97. The highest BCUT2D eigenvalue weighted by atomic mass is 19.4. The van der Waals surface area contributed by atoms with Gasteiger partial charge in [-0.2, -0.15) is 22.8 Å². The van der Waals surface area contributed by atoms with Gasteiger partial charge in [-0.05, 0) is 56.2 Å². The second kappa shape index (κ2) is 7.06. The SMILES string of the molecule is O=c1cc2c(nn1CC1CCCN1c1ccc3nnc(C(F)(F)F)n3n1)CCCC2. The minimum absolute atomic E-state index is 0.0365. The maximum atomic E-state index is 13.2. The third kappa shape index (κ3) is 3.31. The summed E-state index contributed by atoms with van der Waals surface area (Å²) in [6, 6.07) is 4.72. The fourth-order valence-electron chi connectivity index (χ4n) is 4.37. The lowest BCUT2D eigenvalue weighted by Gasteiger charge is -2.26. The van der Waals surface area contributed by atoms with Crippen LogP contribution in [0.2, 0.25) is 0 Å². The van der Waals surface area contributed by atoms with Gasteiger partial charge >= 0.3 is 6.18 Å². The van der Waals surface area contributed by atoms with Crippen molar-refractivity contribution in [2.45, 2.75) is 57.3 Å². The average Bonchev–Trinajstić information content (AvgIpc) is 3.34. The molecule has 1 unspecified atom stereocenters. The summed E-state index contributed by atoms with van der Waals surface area (Å²) >= 11 is 0. The van der Waals surface area contributed by atoms with E-state index in [0.29, 0.717) is 18.9 Å². The maximum absolute atomic E-state index is 13.2. The van der Waals surface area contributed by atoms with Crippen molar-refractivity contribution in [3.63, 3.8) is 0 Å². The Morgan fingerprint density at radius 1 is 1.07 bits per heavy atom. The maximum Gasteiger partial charge on any atom is 0.453 e. The van der Waals surface area contributed by atoms with E-state index in [4.69, 9.17) is 0 Å². The van der Waals surface area contributed by atoms with Gasteiger partial charge in [0.25, 0.3) is 11.4 Å². The van der Waals surface area contributed by atoms with Crippen LogP contribution in [-0.2, 0) is 25.6 Å². The van der Waals surface area contributed by atoms with Crippen molar-refractivity contribution in [1.82, 2.24) is 29.6 Å². The van der Waals surface area contributed by atoms with Gasteiger partial charge in [-0.1, -0.05) is 0 Å². The van der Waals surface area contributed by atoms with Crippen molar-refractivity contribution in [2.75, 3.05) is 11.4 Å². The summed E-state index contributed by atoms with van der Waals surface area (Å²) in [4.78, 5) is 14.5. The summed E-state index contributed by atoms with van der Waals surface area (Å²) in [5, 5.41) is 15.5. The molecule has 3 aromatic heterocycles. The number of aromatic nitrogens is 6. The van der Waals surface area contributed by atoms with Gasteiger partial charge in [-0.3, -0.25) is 4.79 Å². The van der Waals surface area contributed by atoms with E-state index >= 15 is 0 Å². The molecule has 11 heteroatoms. The summed E-state index contributed by atoms with van der Waals surface area (Å²) in [6.07, 6.45) is 0.922. The minimum atomic E-state index is -4.64. The lowest BCUT2D eigenvalue weighted by Crippen LogP contribution is -2.38. The Balaban J connectivity index is 1.45. The van der Waals surface area contributed by atoms with Crippen molar-refractivity contribution in [2.24, 2.45) is 0 Å². The number of anilines is 1. The molecule has 0 saturated carbocycles. The van der Waals surface area contributed by atoms with E-state index in [1.807, 2.05) is 4.90 Å². The van der Waals surface area contributed by atoms with Crippen molar-refractivity contribution < 1.29 is 13.2 Å². The van der Waals surface area contributed by atoms with Crippen LogP contribution in [0, 0.1) is 0 Å². The third-order valence-electron chi connectivity index (χ3n) is 5.83. The monoisotopic (exact) mass is 419 g/mol. The smallest absolute Gasteiger partial charge is 0.350 e. The number of halogens is 3. The first kappa shape index (κ1) is 19.0. The van der Waals surface area contributed by atoms with Gasteiger partial charge in [-0.15, -0.1) is 15.3 Å². The topological polar surface area (TPSA) is 81.2 Å². The molecule has 0 spiro atoms. The number of aryl methyl sites for hydroxylation is 2. The van der Waals surface area contributed by atoms with Gasteiger partial charge in [0.15, 0.2) is 5.65 Å². The Labute approximate surface area is 169 Å². The van der Waals surface area contributed by atoms with Gasteiger partial charge < -0.3 is 4.90 Å². The quantitative estimate of drug-likeness (QED) is 0.648. The second-order valence-electron chi connectivity index (χ2n) is 7.82. The molecule has 8 nitrogen and oxygen atoms in total. The standard InChI is InChI=1S/C19H20F3N7O/c20-19(21,22)18-24-23-15-7-8-16(26-29(15)18)27-9-3-5-13(27)11-28-17(30)10-12-4-1-2-6-14(12)25-28/h7-8,10,13H,1-6,9,11H2. The molecule has 5 rings (SSSR count). The van der Waals surface area contributed by atoms with Crippen molar-refractivity contribution >= 4 is 11.5 Å². The molecule has 1 atom stereocenters. The van der Waals surface area contributed by atoms with E-state index in [2.05, 4.69) is 20.4 Å². The van der Waals surface area contributed by atoms with Crippen LogP contribution < -0.4 is 10.5 Å². The van der Waals surface area contributed by atoms with Gasteiger partial charge in [0.2, 0.25) is 0 Å². The van der Waals surface area contributed by atoms with E-state index in [0.717, 1.165) is 54.3 Å². The molecular formula is C19H20F3N7O. The number of hydrogen-bond donors (Lipinski definition) is 0. The molecule has 0 radical (unpaired) electrons. The van der Waals surface area contributed by atoms with Gasteiger partial charge in [0.1, 0.15) is 5.82 Å². The number of nitrogens with zero attached hydrogens (tertiary/aromatic N) is 7. The van der Waals surface area contributed by atoms with E-state index in [1.54, 1.807) is 12.1 Å². The first-order chi connectivity index (χ1) is 14.4. The van der Waals surface area contributed by atoms with Crippen LogP contribution >= 0.6 is 0 Å². The molecule has 0 bridgehead atoms. The van der Waals surface area contributed by atoms with Crippen LogP contribution in [0.15, 0.2) is 23.0 Å². The van der Waals surface area contributed by atoms with Crippen LogP contribution in [0.3, 0.4) is 0 Å². The molecule has 158 valence electrons. The largest absolute Gasteiger partial charge is 0.453 e. The predicted octanol–water partition coefficient (Wildman–Crippen LogP) is 2.25. The minimum Gasteiger partial charge on any atom is -0.350 e. The molecule has 0 aromatic carbocycles. The average molecular weight is 419 g/mol. The molecule has 3 aromatic rings. The zero-order chi connectivity index (χ0) is 20.9. The fraction of sp³-hybridized carbons (Fsp3) is 0.526. The van der Waals surface area contributed by atoms with Crippen LogP contribution in [-0.4, -0.2) is 42.2 Å². The van der Waals surface area contributed by atoms with Crippen LogP contribution in [0.1, 0.15) is 42.8 Å². The third-order valence-corrected chi connectivity index (χ3v) is 5.83. The Morgan fingerprint density at radius 2 is 1.90 bits per heavy atom. The van der Waals surface area contributed by atoms with Gasteiger partial charge in [-0.25, -0.2) is 4.68 Å². The molecule has 1 aliphatic carbocycles. The summed E-state index contributed by atoms with van der Waals surface area (Å²) in [5.41, 5.74) is 1.91. The van der Waals surface area contributed by atoms with Crippen molar-refractivity contribution in [3.05, 3.63) is 45.6 Å². The van der Waals surface area contributed by atoms with Crippen LogP contribution in [0.5, 0.6) is 0 Å². The Bertz CT molecular complexity index is 1150. The fourth-order valence-corrected chi connectivity index (χ4v) is 4.37. The molecule has 30 heavy (non-hydrogen) atoms. The Hall–Kier alpha value is -2.98. The summed E-state index contributed by atoms with van der Waals surface area (Å²) in [5.74, 6) is -0.746. The molecule has 1 aliphatic heterocycles. The highest BCUT2D eigenvalue weighted by molar-refractivity contribution is 5.47. The second-order valence-corrected chi connectivity index (χ2v) is 7.82. The number of fused-ring (bicyclic) bond motifs is 2. The van der Waals surface area contributed by atoms with E-state index < -0.39 is 12.0 Å². The van der Waals surface area contributed by atoms with Crippen LogP contribution in [0.25, 0.3) is 5.65 Å². The zero-order valence-corrected chi connectivity index (χ0v) is 16.1. The van der Waals surface area contributed by atoms with E-state index in [1.165, 1.54) is 10.7 Å². The molecule has 1 saturated heterocycles. The first-order valence-electron chi connectivity index (χ1n) is 10.1.